The van der Waals surface area contributed by atoms with Gasteiger partial charge in [-0.15, -0.1) is 23.4 Å². The summed E-state index contributed by atoms with van der Waals surface area (Å²) in [5.74, 6) is -0.221. The van der Waals surface area contributed by atoms with Gasteiger partial charge >= 0.3 is 5.97 Å². The second-order valence-electron chi connectivity index (χ2n) is 3.65. The summed E-state index contributed by atoms with van der Waals surface area (Å²) in [6.07, 6.45) is 2.61. The zero-order chi connectivity index (χ0) is 14.0. The minimum Gasteiger partial charge on any atom is -0.461 e. The fourth-order valence-electron chi connectivity index (χ4n) is 1.49. The molecule has 2 N–H and O–H groups in total. The Kier molecular flexibility index (Phi) is 4.54. The number of rotatable bonds is 3. The van der Waals surface area contributed by atoms with E-state index >= 15 is 0 Å². The predicted molar refractivity (Wildman–Crippen MR) is 77.2 cm³/mol. The van der Waals surface area contributed by atoms with Gasteiger partial charge in [-0.2, -0.15) is 0 Å². The number of carbonyl (C=O) groups is 1. The highest BCUT2D eigenvalue weighted by Gasteiger charge is 2.23. The number of nitrogens with two attached hydrogens (primary N) is 1. The molecule has 1 aromatic rings. The Hall–Kier alpha value is -0.980. The van der Waals surface area contributed by atoms with E-state index in [0.717, 1.165) is 4.91 Å². The Bertz CT molecular complexity index is 551. The molecule has 0 aromatic carbocycles. The van der Waals surface area contributed by atoms with Crippen LogP contribution in [0.4, 0.5) is 5.82 Å². The van der Waals surface area contributed by atoms with Crippen molar-refractivity contribution in [2.24, 2.45) is 0 Å². The van der Waals surface area contributed by atoms with Crippen LogP contribution in [0.5, 0.6) is 0 Å². The molecule has 19 heavy (non-hydrogen) atoms. The van der Waals surface area contributed by atoms with E-state index in [1.807, 2.05) is 6.08 Å². The van der Waals surface area contributed by atoms with Crippen molar-refractivity contribution in [2.75, 3.05) is 12.3 Å². The number of esters is 1. The molecule has 1 unspecified atom stereocenters. The highest BCUT2D eigenvalue weighted by Crippen LogP contribution is 2.40. The molecule has 102 valence electrons. The summed E-state index contributed by atoms with van der Waals surface area (Å²) in [5.41, 5.74) is 5.67. The number of hydrogen-bond acceptors (Lipinski definition) is 6. The molecule has 0 fully saturated rings. The number of allylic oxidation sites excluding steroid dienone is 1. The maximum Gasteiger partial charge on any atom is 0.358 e. The fraction of sp³-hybridized carbons (Fsp3) is 0.364. The number of thioether (sulfide) groups is 1. The number of halogens is 2. The number of aromatic nitrogens is 2. The van der Waals surface area contributed by atoms with Gasteiger partial charge in [0.15, 0.2) is 11.5 Å². The maximum absolute atomic E-state index is 11.7. The van der Waals surface area contributed by atoms with E-state index in [1.165, 1.54) is 11.8 Å². The Labute approximate surface area is 124 Å². The lowest BCUT2D eigenvalue weighted by Gasteiger charge is -2.08. The van der Waals surface area contributed by atoms with Gasteiger partial charge in [0.1, 0.15) is 10.8 Å². The van der Waals surface area contributed by atoms with E-state index in [2.05, 4.69) is 9.97 Å². The number of nitrogens with zero attached hydrogens (tertiary/aromatic N) is 2. The SMILES string of the molecule is CCOC(=O)c1nc(C2=CCC(Cl)S2)nc(N)c1Cl. The lowest BCUT2D eigenvalue weighted by Crippen LogP contribution is -2.12. The topological polar surface area (TPSA) is 78.1 Å². The summed E-state index contributed by atoms with van der Waals surface area (Å²) in [5, 5.41) is 0.00761. The quantitative estimate of drug-likeness (QED) is 0.681. The van der Waals surface area contributed by atoms with Crippen molar-refractivity contribution < 1.29 is 9.53 Å². The van der Waals surface area contributed by atoms with E-state index < -0.39 is 5.97 Å². The van der Waals surface area contributed by atoms with Crippen molar-refractivity contribution in [3.63, 3.8) is 0 Å². The molecule has 0 amide bonds. The Balaban J connectivity index is 2.39. The summed E-state index contributed by atoms with van der Waals surface area (Å²) >= 11 is 13.3. The molecule has 1 atom stereocenters. The monoisotopic (exact) mass is 319 g/mol. The molecule has 0 spiro atoms. The van der Waals surface area contributed by atoms with Gasteiger partial charge in [0.05, 0.1) is 11.3 Å². The first kappa shape index (κ1) is 14.4. The first-order valence-corrected chi connectivity index (χ1v) is 7.23. The number of anilines is 1. The average molecular weight is 320 g/mol. The van der Waals surface area contributed by atoms with Gasteiger partial charge in [-0.25, -0.2) is 14.8 Å². The third kappa shape index (κ3) is 3.13. The molecule has 1 aliphatic heterocycles. The predicted octanol–water partition coefficient (Wildman–Crippen LogP) is 2.93. The Morgan fingerprint density at radius 2 is 2.37 bits per heavy atom. The summed E-state index contributed by atoms with van der Waals surface area (Å²) in [7, 11) is 0. The minimum absolute atomic E-state index is 0.00761. The molecule has 1 aromatic heterocycles. The molecule has 2 rings (SSSR count). The van der Waals surface area contributed by atoms with Crippen LogP contribution >= 0.6 is 35.0 Å². The molecule has 1 aliphatic rings. The molecule has 0 radical (unpaired) electrons. The molecule has 2 heterocycles. The van der Waals surface area contributed by atoms with Crippen molar-refractivity contribution in [3.8, 4) is 0 Å². The van der Waals surface area contributed by atoms with Crippen LogP contribution in [0.25, 0.3) is 4.91 Å². The summed E-state index contributed by atoms with van der Waals surface area (Å²) in [4.78, 5) is 20.7. The first-order chi connectivity index (χ1) is 9.02. The lowest BCUT2D eigenvalue weighted by atomic mass is 10.3. The number of alkyl halides is 1. The van der Waals surface area contributed by atoms with Crippen LogP contribution in [-0.2, 0) is 4.74 Å². The van der Waals surface area contributed by atoms with E-state index in [9.17, 15) is 4.79 Å². The van der Waals surface area contributed by atoms with Crippen LogP contribution in [0.1, 0.15) is 29.7 Å². The third-order valence-corrected chi connectivity index (χ3v) is 4.18. The smallest absolute Gasteiger partial charge is 0.358 e. The molecule has 0 saturated carbocycles. The van der Waals surface area contributed by atoms with Crippen molar-refractivity contribution >= 4 is 51.7 Å². The van der Waals surface area contributed by atoms with E-state index in [-0.39, 0.29) is 27.9 Å². The molecule has 0 bridgehead atoms. The van der Waals surface area contributed by atoms with Crippen LogP contribution in [0.15, 0.2) is 6.08 Å². The number of carbonyl (C=O) groups excluding carboxylic acids is 1. The van der Waals surface area contributed by atoms with Crippen LogP contribution in [0.3, 0.4) is 0 Å². The molecule has 8 heteroatoms. The highest BCUT2D eigenvalue weighted by atomic mass is 35.5. The molecular formula is C11H11Cl2N3O2S. The summed E-state index contributed by atoms with van der Waals surface area (Å²) < 4.78 is 4.83. The van der Waals surface area contributed by atoms with Gasteiger partial charge < -0.3 is 10.5 Å². The molecule has 0 aliphatic carbocycles. The second kappa shape index (κ2) is 5.98. The standard InChI is InChI=1S/C11H11Cl2N3O2S/c1-2-18-11(17)8-7(13)9(14)16-10(15-8)5-3-4-6(12)19-5/h3,6H,2,4H2,1H3,(H2,14,15,16). The van der Waals surface area contributed by atoms with Crippen molar-refractivity contribution in [1.82, 2.24) is 9.97 Å². The summed E-state index contributed by atoms with van der Waals surface area (Å²) in [6, 6.07) is 0. The number of hydrogen-bond donors (Lipinski definition) is 1. The van der Waals surface area contributed by atoms with Crippen LogP contribution < -0.4 is 5.73 Å². The summed E-state index contributed by atoms with van der Waals surface area (Å²) in [6.45, 7) is 1.93. The Morgan fingerprint density at radius 1 is 1.63 bits per heavy atom. The number of ether oxygens (including phenoxy) is 1. The van der Waals surface area contributed by atoms with Gasteiger partial charge in [0.25, 0.3) is 0 Å². The number of nitrogen functional groups attached to an aromatic ring is 1. The van der Waals surface area contributed by atoms with Gasteiger partial charge in [-0.3, -0.25) is 0 Å². The van der Waals surface area contributed by atoms with Crippen molar-refractivity contribution in [3.05, 3.63) is 22.6 Å². The van der Waals surface area contributed by atoms with Crippen LogP contribution in [-0.4, -0.2) is 27.3 Å². The van der Waals surface area contributed by atoms with Gasteiger partial charge in [0.2, 0.25) is 0 Å². The maximum atomic E-state index is 11.7. The highest BCUT2D eigenvalue weighted by molar-refractivity contribution is 8.10. The molecule has 0 saturated heterocycles. The third-order valence-electron chi connectivity index (χ3n) is 2.31. The van der Waals surface area contributed by atoms with Gasteiger partial charge in [-0.1, -0.05) is 17.7 Å². The lowest BCUT2D eigenvalue weighted by molar-refractivity contribution is 0.0519. The first-order valence-electron chi connectivity index (χ1n) is 5.54. The van der Waals surface area contributed by atoms with E-state index in [1.54, 1.807) is 6.92 Å². The van der Waals surface area contributed by atoms with Crippen LogP contribution in [0, 0.1) is 0 Å². The van der Waals surface area contributed by atoms with Gasteiger partial charge in [-0.05, 0) is 13.3 Å². The molecular weight excluding hydrogens is 309 g/mol. The zero-order valence-corrected chi connectivity index (χ0v) is 12.3. The zero-order valence-electron chi connectivity index (χ0n) is 10.0. The van der Waals surface area contributed by atoms with Gasteiger partial charge in [0, 0.05) is 4.91 Å². The average Bonchev–Trinajstić information content (AvgIpc) is 2.79. The fourth-order valence-corrected chi connectivity index (χ4v) is 2.88. The van der Waals surface area contributed by atoms with Crippen LogP contribution in [0.2, 0.25) is 5.02 Å². The molecule has 5 nitrogen and oxygen atoms in total. The largest absolute Gasteiger partial charge is 0.461 e. The van der Waals surface area contributed by atoms with E-state index in [0.29, 0.717) is 12.2 Å². The van der Waals surface area contributed by atoms with Crippen molar-refractivity contribution in [1.29, 1.82) is 0 Å². The normalized spacial score (nSPS) is 18.3. The minimum atomic E-state index is -0.617. The Morgan fingerprint density at radius 3 is 2.95 bits per heavy atom. The van der Waals surface area contributed by atoms with E-state index in [4.69, 9.17) is 33.7 Å². The van der Waals surface area contributed by atoms with Crippen molar-refractivity contribution in [2.45, 2.75) is 18.1 Å². The second-order valence-corrected chi connectivity index (χ2v) is 6.06.